The number of hydrogen-bond acceptors (Lipinski definition) is 4. The smallest absolute Gasteiger partial charge is 0.254 e. The molecule has 2 bridgehead atoms. The van der Waals surface area contributed by atoms with Gasteiger partial charge in [0.25, 0.3) is 5.56 Å². The van der Waals surface area contributed by atoms with Gasteiger partial charge in [-0.3, -0.25) is 9.69 Å². The van der Waals surface area contributed by atoms with Gasteiger partial charge in [0.05, 0.1) is 5.69 Å². The zero-order chi connectivity index (χ0) is 14.4. The highest BCUT2D eigenvalue weighted by molar-refractivity contribution is 7.07. The van der Waals surface area contributed by atoms with E-state index in [0.717, 1.165) is 36.5 Å². The van der Waals surface area contributed by atoms with Gasteiger partial charge in [0.1, 0.15) is 5.82 Å². The predicted molar refractivity (Wildman–Crippen MR) is 83.7 cm³/mol. The van der Waals surface area contributed by atoms with Crippen LogP contribution in [0.1, 0.15) is 35.5 Å². The summed E-state index contributed by atoms with van der Waals surface area (Å²) < 4.78 is 0. The van der Waals surface area contributed by atoms with Crippen LogP contribution in [0.15, 0.2) is 21.6 Å². The molecule has 2 aliphatic rings. The van der Waals surface area contributed by atoms with E-state index in [2.05, 4.69) is 31.7 Å². The van der Waals surface area contributed by atoms with Crippen LogP contribution < -0.4 is 5.56 Å². The van der Waals surface area contributed by atoms with Crippen molar-refractivity contribution in [3.8, 4) is 0 Å². The number of aromatic nitrogens is 2. The van der Waals surface area contributed by atoms with Gasteiger partial charge in [-0.05, 0) is 48.6 Å². The maximum Gasteiger partial charge on any atom is 0.254 e. The van der Waals surface area contributed by atoms with E-state index in [9.17, 15) is 4.79 Å². The van der Waals surface area contributed by atoms with Gasteiger partial charge in [0, 0.05) is 30.6 Å². The molecule has 0 saturated carbocycles. The molecule has 2 atom stereocenters. The topological polar surface area (TPSA) is 49.0 Å². The van der Waals surface area contributed by atoms with Crippen molar-refractivity contribution >= 4 is 11.3 Å². The van der Waals surface area contributed by atoms with Gasteiger partial charge in [-0.15, -0.1) is 0 Å². The number of thiophene rings is 1. The first-order valence-electron chi connectivity index (χ1n) is 7.56. The van der Waals surface area contributed by atoms with Crippen molar-refractivity contribution in [1.29, 1.82) is 0 Å². The van der Waals surface area contributed by atoms with E-state index in [1.165, 1.54) is 18.4 Å². The first kappa shape index (κ1) is 13.2. The molecule has 2 aliphatic heterocycles. The first-order valence-corrected chi connectivity index (χ1v) is 8.50. The van der Waals surface area contributed by atoms with Gasteiger partial charge in [0.15, 0.2) is 0 Å². The quantitative estimate of drug-likeness (QED) is 0.926. The molecule has 4 nitrogen and oxygen atoms in total. The molecule has 0 amide bonds. The van der Waals surface area contributed by atoms with Gasteiger partial charge >= 0.3 is 0 Å². The fraction of sp³-hybridized carbons (Fsp3) is 0.500. The predicted octanol–water partition coefficient (Wildman–Crippen LogP) is 2.27. The number of aromatic amines is 1. The lowest BCUT2D eigenvalue weighted by Gasteiger charge is -2.27. The van der Waals surface area contributed by atoms with E-state index in [1.54, 1.807) is 11.3 Å². The number of rotatable bonds is 2. The molecule has 1 N–H and O–H groups in total. The third kappa shape index (κ3) is 2.34. The Morgan fingerprint density at radius 1 is 1.38 bits per heavy atom. The Hall–Kier alpha value is -1.46. The molecule has 110 valence electrons. The summed E-state index contributed by atoms with van der Waals surface area (Å²) >= 11 is 1.75. The second-order valence-corrected chi connectivity index (χ2v) is 6.95. The Morgan fingerprint density at radius 3 is 2.95 bits per heavy atom. The maximum absolute atomic E-state index is 12.2. The molecular weight excluding hydrogens is 282 g/mol. The molecule has 0 aliphatic carbocycles. The molecule has 5 heteroatoms. The van der Waals surface area contributed by atoms with E-state index in [4.69, 9.17) is 0 Å². The third-order valence-electron chi connectivity index (χ3n) is 4.80. The number of aryl methyl sites for hydroxylation is 1. The van der Waals surface area contributed by atoms with Gasteiger partial charge in [-0.2, -0.15) is 11.3 Å². The summed E-state index contributed by atoms with van der Waals surface area (Å²) in [6.07, 6.45) is 4.18. The summed E-state index contributed by atoms with van der Waals surface area (Å²) in [5.41, 5.74) is 3.41. The van der Waals surface area contributed by atoms with Crippen LogP contribution in [-0.2, 0) is 19.4 Å². The second-order valence-electron chi connectivity index (χ2n) is 6.17. The van der Waals surface area contributed by atoms with Crippen LogP contribution in [0.3, 0.4) is 0 Å². The minimum atomic E-state index is 0.0699. The molecule has 4 rings (SSSR count). The molecule has 1 fully saturated rings. The standard InChI is InChI=1S/C16H19N3OS/c1-10-17-15-7-13-3-2-12(6-14(15)16(20)18-10)19(13)8-11-4-5-21-9-11/h4-5,9,12-13H,2-3,6-8H2,1H3,(H,17,18,20)/t12-,13-/m0/s1. The highest BCUT2D eigenvalue weighted by Crippen LogP contribution is 2.33. The van der Waals surface area contributed by atoms with Crippen molar-refractivity contribution in [2.24, 2.45) is 0 Å². The van der Waals surface area contributed by atoms with Crippen molar-refractivity contribution in [3.63, 3.8) is 0 Å². The van der Waals surface area contributed by atoms with Gasteiger partial charge < -0.3 is 4.98 Å². The molecule has 0 radical (unpaired) electrons. The SMILES string of the molecule is Cc1nc2c(c(=O)[nH]1)C[C@@H]1CC[C@@H](C2)N1Cc1ccsc1. The van der Waals surface area contributed by atoms with Crippen molar-refractivity contribution < 1.29 is 0 Å². The molecule has 0 unspecified atom stereocenters. The molecule has 21 heavy (non-hydrogen) atoms. The molecule has 2 aromatic heterocycles. The summed E-state index contributed by atoms with van der Waals surface area (Å²) in [7, 11) is 0. The van der Waals surface area contributed by atoms with Crippen LogP contribution in [0.25, 0.3) is 0 Å². The summed E-state index contributed by atoms with van der Waals surface area (Å²) in [5.74, 6) is 0.737. The highest BCUT2D eigenvalue weighted by atomic mass is 32.1. The number of fused-ring (bicyclic) bond motifs is 3. The number of nitrogens with zero attached hydrogens (tertiary/aromatic N) is 2. The normalized spacial score (nSPS) is 24.8. The minimum Gasteiger partial charge on any atom is -0.311 e. The van der Waals surface area contributed by atoms with Crippen LogP contribution in [0.4, 0.5) is 0 Å². The second kappa shape index (κ2) is 5.07. The van der Waals surface area contributed by atoms with Crippen molar-refractivity contribution in [2.75, 3.05) is 0 Å². The third-order valence-corrected chi connectivity index (χ3v) is 5.54. The summed E-state index contributed by atoms with van der Waals surface area (Å²) in [6.45, 7) is 2.87. The zero-order valence-corrected chi connectivity index (χ0v) is 12.9. The van der Waals surface area contributed by atoms with Crippen LogP contribution in [-0.4, -0.2) is 27.0 Å². The zero-order valence-electron chi connectivity index (χ0n) is 12.1. The number of H-pyrrole nitrogens is 1. The van der Waals surface area contributed by atoms with Crippen molar-refractivity contribution in [3.05, 3.63) is 49.8 Å². The monoisotopic (exact) mass is 301 g/mol. The Bertz CT molecular complexity index is 707. The summed E-state index contributed by atoms with van der Waals surface area (Å²) in [6, 6.07) is 3.23. The van der Waals surface area contributed by atoms with E-state index in [-0.39, 0.29) is 5.56 Å². The minimum absolute atomic E-state index is 0.0699. The lowest BCUT2D eigenvalue weighted by molar-refractivity contribution is 0.188. The van der Waals surface area contributed by atoms with Crippen molar-refractivity contribution in [2.45, 2.75) is 51.2 Å². The average molecular weight is 301 g/mol. The van der Waals surface area contributed by atoms with E-state index in [0.29, 0.717) is 12.1 Å². The maximum atomic E-state index is 12.2. The molecule has 4 heterocycles. The van der Waals surface area contributed by atoms with Crippen LogP contribution in [0.5, 0.6) is 0 Å². The van der Waals surface area contributed by atoms with Gasteiger partial charge in [-0.1, -0.05) is 0 Å². The molecular formula is C16H19N3OS. The Morgan fingerprint density at radius 2 is 2.19 bits per heavy atom. The molecule has 0 spiro atoms. The molecule has 2 aromatic rings. The fourth-order valence-electron chi connectivity index (χ4n) is 3.81. The first-order chi connectivity index (χ1) is 10.2. The van der Waals surface area contributed by atoms with E-state index in [1.807, 2.05) is 6.92 Å². The van der Waals surface area contributed by atoms with Gasteiger partial charge in [0.2, 0.25) is 0 Å². The summed E-state index contributed by atoms with van der Waals surface area (Å²) in [4.78, 5) is 22.3. The Balaban J connectivity index is 1.68. The molecule has 0 aromatic carbocycles. The van der Waals surface area contributed by atoms with Crippen LogP contribution >= 0.6 is 11.3 Å². The number of nitrogens with one attached hydrogen (secondary N) is 1. The Kier molecular flexibility index (Phi) is 3.19. The average Bonchev–Trinajstić information content (AvgIpc) is 3.01. The number of hydrogen-bond donors (Lipinski definition) is 1. The van der Waals surface area contributed by atoms with Crippen LogP contribution in [0.2, 0.25) is 0 Å². The molecule has 1 saturated heterocycles. The van der Waals surface area contributed by atoms with E-state index >= 15 is 0 Å². The highest BCUT2D eigenvalue weighted by Gasteiger charge is 2.38. The lowest BCUT2D eigenvalue weighted by atomic mass is 9.98. The summed E-state index contributed by atoms with van der Waals surface area (Å²) in [5, 5.41) is 4.37. The fourth-order valence-corrected chi connectivity index (χ4v) is 4.47. The van der Waals surface area contributed by atoms with E-state index < -0.39 is 0 Å². The lowest BCUT2D eigenvalue weighted by Crippen LogP contribution is -2.36. The van der Waals surface area contributed by atoms with Gasteiger partial charge in [-0.25, -0.2) is 4.98 Å². The van der Waals surface area contributed by atoms with Crippen molar-refractivity contribution in [1.82, 2.24) is 14.9 Å². The van der Waals surface area contributed by atoms with Crippen LogP contribution in [0, 0.1) is 6.92 Å². The Labute approximate surface area is 127 Å². The largest absolute Gasteiger partial charge is 0.311 e.